The van der Waals surface area contributed by atoms with Crippen LogP contribution in [0.1, 0.15) is 30.1 Å². The second-order valence-corrected chi connectivity index (χ2v) is 4.43. The Morgan fingerprint density at radius 1 is 1.47 bits per heavy atom. The first kappa shape index (κ1) is 13.4. The molecule has 0 bridgehead atoms. The zero-order valence-electron chi connectivity index (χ0n) is 10.4. The van der Waals surface area contributed by atoms with Crippen molar-refractivity contribution in [2.75, 3.05) is 6.61 Å². The van der Waals surface area contributed by atoms with Crippen molar-refractivity contribution in [3.63, 3.8) is 0 Å². The lowest BCUT2D eigenvalue weighted by molar-refractivity contribution is -0.121. The van der Waals surface area contributed by atoms with E-state index in [9.17, 15) is 14.7 Å². The lowest BCUT2D eigenvalue weighted by Crippen LogP contribution is -2.38. The van der Waals surface area contributed by atoms with Crippen LogP contribution in [0.25, 0.3) is 0 Å². The van der Waals surface area contributed by atoms with Crippen LogP contribution in [0.2, 0.25) is 0 Å². The molecule has 3 amide bonds. The number of ether oxygens (including phenoxy) is 1. The average Bonchev–Trinajstić information content (AvgIpc) is 2.36. The summed E-state index contributed by atoms with van der Waals surface area (Å²) < 4.78 is 5.38. The van der Waals surface area contributed by atoms with E-state index in [1.54, 1.807) is 12.1 Å². The number of rotatable bonds is 3. The van der Waals surface area contributed by atoms with Crippen LogP contribution >= 0.6 is 0 Å². The monoisotopic (exact) mass is 264 g/mol. The molecular weight excluding hydrogens is 248 g/mol. The molecule has 0 heterocycles. The van der Waals surface area contributed by atoms with E-state index in [-0.39, 0.29) is 6.61 Å². The Bertz CT molecular complexity index is 501. The van der Waals surface area contributed by atoms with Crippen molar-refractivity contribution in [3.8, 4) is 5.75 Å². The Kier molecular flexibility index (Phi) is 4.01. The minimum absolute atomic E-state index is 0.282. The topological polar surface area (TPSA) is 102 Å². The molecule has 0 radical (unpaired) electrons. The maximum Gasteiger partial charge on any atom is 0.318 e. The number of carbonyl (C=O) groups excluding carboxylic acids is 2. The zero-order valence-corrected chi connectivity index (χ0v) is 10.4. The number of aliphatic hydroxyl groups excluding tert-OH is 1. The van der Waals surface area contributed by atoms with Gasteiger partial charge < -0.3 is 15.6 Å². The van der Waals surface area contributed by atoms with Crippen molar-refractivity contribution in [1.29, 1.82) is 0 Å². The highest BCUT2D eigenvalue weighted by Gasteiger charge is 2.21. The SMILES string of the molecule is NC(=O)NC(=O)COc1cccc2c1CCC[C@H]2O. The normalized spacial score (nSPS) is 17.4. The number of nitrogens with two attached hydrogens (primary N) is 1. The van der Waals surface area contributed by atoms with Gasteiger partial charge in [-0.1, -0.05) is 12.1 Å². The molecule has 1 aromatic rings. The van der Waals surface area contributed by atoms with Crippen LogP contribution in [0, 0.1) is 0 Å². The molecule has 0 aromatic heterocycles. The number of fused-ring (bicyclic) bond motifs is 1. The summed E-state index contributed by atoms with van der Waals surface area (Å²) in [4.78, 5) is 21.8. The molecule has 6 nitrogen and oxygen atoms in total. The van der Waals surface area contributed by atoms with Gasteiger partial charge in [0.2, 0.25) is 0 Å². The van der Waals surface area contributed by atoms with Crippen LogP contribution in [0.4, 0.5) is 4.79 Å². The summed E-state index contributed by atoms with van der Waals surface area (Å²) in [7, 11) is 0. The summed E-state index contributed by atoms with van der Waals surface area (Å²) in [6, 6.07) is 4.47. The van der Waals surface area contributed by atoms with E-state index in [2.05, 4.69) is 0 Å². The molecule has 0 unspecified atom stereocenters. The summed E-state index contributed by atoms with van der Waals surface area (Å²) in [6.07, 6.45) is 1.94. The Labute approximate surface area is 110 Å². The molecule has 19 heavy (non-hydrogen) atoms. The fourth-order valence-corrected chi connectivity index (χ4v) is 2.24. The second kappa shape index (κ2) is 5.71. The molecule has 0 saturated heterocycles. The highest BCUT2D eigenvalue weighted by atomic mass is 16.5. The van der Waals surface area contributed by atoms with Crippen LogP contribution in [-0.2, 0) is 11.2 Å². The molecule has 0 fully saturated rings. The molecule has 0 saturated carbocycles. The molecule has 2 rings (SSSR count). The fourth-order valence-electron chi connectivity index (χ4n) is 2.24. The highest BCUT2D eigenvalue weighted by Crippen LogP contribution is 2.35. The predicted molar refractivity (Wildman–Crippen MR) is 67.6 cm³/mol. The third-order valence-electron chi connectivity index (χ3n) is 3.05. The van der Waals surface area contributed by atoms with Gasteiger partial charge in [0.25, 0.3) is 5.91 Å². The van der Waals surface area contributed by atoms with Gasteiger partial charge in [-0.2, -0.15) is 0 Å². The Balaban J connectivity index is 2.07. The molecule has 0 spiro atoms. The van der Waals surface area contributed by atoms with E-state index in [1.165, 1.54) is 0 Å². The number of aliphatic hydroxyl groups is 1. The molecule has 1 atom stereocenters. The van der Waals surface area contributed by atoms with Crippen LogP contribution in [0.5, 0.6) is 5.75 Å². The Morgan fingerprint density at radius 3 is 3.00 bits per heavy atom. The maximum atomic E-state index is 11.3. The van der Waals surface area contributed by atoms with E-state index >= 15 is 0 Å². The van der Waals surface area contributed by atoms with Gasteiger partial charge in [-0.3, -0.25) is 10.1 Å². The van der Waals surface area contributed by atoms with Crippen molar-refractivity contribution in [2.45, 2.75) is 25.4 Å². The van der Waals surface area contributed by atoms with Crippen LogP contribution in [0.15, 0.2) is 18.2 Å². The fraction of sp³-hybridized carbons (Fsp3) is 0.385. The van der Waals surface area contributed by atoms with Gasteiger partial charge in [-0.05, 0) is 36.5 Å². The quantitative estimate of drug-likeness (QED) is 0.745. The maximum absolute atomic E-state index is 11.3. The number of hydrogen-bond acceptors (Lipinski definition) is 4. The zero-order chi connectivity index (χ0) is 13.8. The number of primary amides is 1. The van der Waals surface area contributed by atoms with Crippen LogP contribution in [0.3, 0.4) is 0 Å². The van der Waals surface area contributed by atoms with Crippen molar-refractivity contribution in [3.05, 3.63) is 29.3 Å². The van der Waals surface area contributed by atoms with Crippen LogP contribution < -0.4 is 15.8 Å². The van der Waals surface area contributed by atoms with Gasteiger partial charge in [0, 0.05) is 0 Å². The summed E-state index contributed by atoms with van der Waals surface area (Å²) in [5.74, 6) is -0.0302. The van der Waals surface area contributed by atoms with Gasteiger partial charge in [0.1, 0.15) is 5.75 Å². The number of nitrogens with one attached hydrogen (secondary N) is 1. The van der Waals surface area contributed by atoms with Gasteiger partial charge >= 0.3 is 6.03 Å². The first-order chi connectivity index (χ1) is 9.08. The van der Waals surface area contributed by atoms with Crippen molar-refractivity contribution < 1.29 is 19.4 Å². The van der Waals surface area contributed by atoms with Gasteiger partial charge in [-0.25, -0.2) is 4.79 Å². The van der Waals surface area contributed by atoms with E-state index < -0.39 is 18.0 Å². The lowest BCUT2D eigenvalue weighted by Gasteiger charge is -2.23. The second-order valence-electron chi connectivity index (χ2n) is 4.43. The predicted octanol–water partition coefficient (Wildman–Crippen LogP) is 0.630. The number of urea groups is 1. The lowest BCUT2D eigenvalue weighted by atomic mass is 9.89. The highest BCUT2D eigenvalue weighted by molar-refractivity contribution is 5.94. The number of amides is 3. The minimum Gasteiger partial charge on any atom is -0.483 e. The molecular formula is C13H16N2O4. The Hall–Kier alpha value is -2.08. The molecule has 1 aromatic carbocycles. The first-order valence-electron chi connectivity index (χ1n) is 6.10. The van der Waals surface area contributed by atoms with Crippen molar-refractivity contribution in [2.24, 2.45) is 5.73 Å². The van der Waals surface area contributed by atoms with Gasteiger partial charge in [-0.15, -0.1) is 0 Å². The van der Waals surface area contributed by atoms with E-state index in [0.29, 0.717) is 5.75 Å². The van der Waals surface area contributed by atoms with Crippen LogP contribution in [-0.4, -0.2) is 23.7 Å². The van der Waals surface area contributed by atoms with Crippen molar-refractivity contribution in [1.82, 2.24) is 5.32 Å². The molecule has 102 valence electrons. The van der Waals surface area contributed by atoms with E-state index in [4.69, 9.17) is 10.5 Å². The van der Waals surface area contributed by atoms with Crippen molar-refractivity contribution >= 4 is 11.9 Å². The smallest absolute Gasteiger partial charge is 0.318 e. The first-order valence-corrected chi connectivity index (χ1v) is 6.10. The third kappa shape index (κ3) is 3.23. The minimum atomic E-state index is -0.904. The largest absolute Gasteiger partial charge is 0.483 e. The number of benzene rings is 1. The molecule has 0 aliphatic heterocycles. The summed E-state index contributed by atoms with van der Waals surface area (Å²) >= 11 is 0. The summed E-state index contributed by atoms with van der Waals surface area (Å²) in [6.45, 7) is -0.282. The molecule has 4 N–H and O–H groups in total. The number of hydrogen-bond donors (Lipinski definition) is 3. The van der Waals surface area contributed by atoms with Gasteiger partial charge in [0.05, 0.1) is 6.10 Å². The molecule has 6 heteroatoms. The molecule has 1 aliphatic carbocycles. The van der Waals surface area contributed by atoms with E-state index in [1.807, 2.05) is 11.4 Å². The standard InChI is InChI=1S/C13H16N2O4/c14-13(18)15-12(17)7-19-11-6-2-3-8-9(11)4-1-5-10(8)16/h2-3,6,10,16H,1,4-5,7H2,(H3,14,15,17,18)/t10-/m1/s1. The summed E-state index contributed by atoms with van der Waals surface area (Å²) in [5, 5.41) is 11.8. The average molecular weight is 264 g/mol. The third-order valence-corrected chi connectivity index (χ3v) is 3.05. The van der Waals surface area contributed by atoms with E-state index in [0.717, 1.165) is 30.4 Å². The number of imide groups is 1. The van der Waals surface area contributed by atoms with Gasteiger partial charge in [0.15, 0.2) is 6.61 Å². The Morgan fingerprint density at radius 2 is 2.26 bits per heavy atom. The molecule has 1 aliphatic rings. The summed E-state index contributed by atoms with van der Waals surface area (Å²) in [5.41, 5.74) is 6.60. The number of carbonyl (C=O) groups is 2.